The number of amides is 2. The summed E-state index contributed by atoms with van der Waals surface area (Å²) in [6.45, 7) is 8.43. The first-order valence-electron chi connectivity index (χ1n) is 19.5. The fraction of sp³-hybridized carbons (Fsp3) is 0.537. The quantitative estimate of drug-likeness (QED) is 0.157. The van der Waals surface area contributed by atoms with Crippen LogP contribution in [0.4, 0.5) is 21.6 Å². The minimum Gasteiger partial charge on any atom is -0.379 e. The number of nitrogens with zero attached hydrogens (tertiary/aromatic N) is 7. The van der Waals surface area contributed by atoms with Crippen molar-refractivity contribution in [2.45, 2.75) is 86.8 Å². The van der Waals surface area contributed by atoms with E-state index in [1.807, 2.05) is 22.5 Å². The number of likely N-dealkylation sites (tertiary alicyclic amines) is 2. The molecule has 1 atom stereocenters. The molecule has 5 fully saturated rings. The van der Waals surface area contributed by atoms with E-state index in [-0.39, 0.29) is 27.6 Å². The molecule has 0 radical (unpaired) electrons. The molecule has 1 N–H and O–H groups in total. The largest absolute Gasteiger partial charge is 0.379 e. The van der Waals surface area contributed by atoms with Gasteiger partial charge in [0.2, 0.25) is 11.8 Å². The molecular weight excluding hydrogens is 798 g/mol. The molecule has 54 heavy (non-hydrogen) atoms. The van der Waals surface area contributed by atoms with Crippen LogP contribution < -0.4 is 10.2 Å². The first kappa shape index (κ1) is 34.8. The molecule has 6 aliphatic rings. The SMILES string of the molecule is CC(I)n1cnc2cc(-c3ccc4c(c3)N(C3CC(N5CCCC6(CC6)C5)C3)C(=O)C43CCN(C(=O)C4(C)COC4)CC3)nc(Nc3ccncc3F)c21. The van der Waals surface area contributed by atoms with Gasteiger partial charge in [0, 0.05) is 49.2 Å². The van der Waals surface area contributed by atoms with Crippen molar-refractivity contribution in [3.05, 3.63) is 60.4 Å². The van der Waals surface area contributed by atoms with E-state index in [1.54, 1.807) is 18.6 Å². The Bertz CT molecular complexity index is 2170. The summed E-state index contributed by atoms with van der Waals surface area (Å²) in [5.41, 5.74) is 4.79. The maximum absolute atomic E-state index is 15.0. The van der Waals surface area contributed by atoms with Crippen molar-refractivity contribution in [1.29, 1.82) is 0 Å². The highest BCUT2D eigenvalue weighted by Crippen LogP contribution is 2.55. The second kappa shape index (κ2) is 12.7. The molecule has 3 saturated heterocycles. The van der Waals surface area contributed by atoms with Gasteiger partial charge in [0.1, 0.15) is 5.52 Å². The van der Waals surface area contributed by atoms with Gasteiger partial charge in [-0.3, -0.25) is 19.5 Å². The Morgan fingerprint density at radius 1 is 1.06 bits per heavy atom. The lowest BCUT2D eigenvalue weighted by molar-refractivity contribution is -0.170. The lowest BCUT2D eigenvalue weighted by Crippen LogP contribution is -2.60. The van der Waals surface area contributed by atoms with Crippen molar-refractivity contribution in [2.24, 2.45) is 10.8 Å². The average molecular weight is 845 g/mol. The molecule has 4 aromatic rings. The molecule has 4 aliphatic heterocycles. The third kappa shape index (κ3) is 5.49. The number of rotatable bonds is 7. The van der Waals surface area contributed by atoms with Crippen molar-refractivity contribution < 1.29 is 18.7 Å². The third-order valence-corrected chi connectivity index (χ3v) is 14.1. The van der Waals surface area contributed by atoms with Gasteiger partial charge in [-0.1, -0.05) is 34.7 Å². The van der Waals surface area contributed by atoms with Gasteiger partial charge in [-0.15, -0.1) is 0 Å². The number of fused-ring (bicyclic) bond motifs is 3. The number of nitrogens with one attached hydrogen (secondary N) is 1. The van der Waals surface area contributed by atoms with Gasteiger partial charge in [0.05, 0.1) is 57.5 Å². The summed E-state index contributed by atoms with van der Waals surface area (Å²) in [6, 6.07) is 10.6. The van der Waals surface area contributed by atoms with Crippen LogP contribution in [0.5, 0.6) is 0 Å². The summed E-state index contributed by atoms with van der Waals surface area (Å²) in [5, 5.41) is 3.24. The Kier molecular flexibility index (Phi) is 8.16. The Labute approximate surface area is 328 Å². The standard InChI is InChI=1S/C41H46FIN8O3/c1-25(43)50-24-45-33-19-32(47-36(35(33)50)46-31-6-12-44-20-30(31)42)26-4-5-29-34(16-26)51(28-17-27(18-28)49-13-3-7-40(21-49)8-9-40)38(53)41(29)10-14-48(15-11-41)37(52)39(2)22-54-23-39/h4-6,12,16,19-20,24-25,27-28H,3,7-11,13-15,17-18,21-23H2,1-2H3,(H,44,46,47). The normalized spacial score (nSPS) is 25.7. The van der Waals surface area contributed by atoms with Crippen LogP contribution in [0.1, 0.15) is 74.8 Å². The molecule has 2 aliphatic carbocycles. The van der Waals surface area contributed by atoms with Crippen LogP contribution in [0.25, 0.3) is 22.3 Å². The fourth-order valence-corrected chi connectivity index (χ4v) is 10.4. The minimum absolute atomic E-state index is 0.0801. The van der Waals surface area contributed by atoms with E-state index in [0.717, 1.165) is 47.2 Å². The van der Waals surface area contributed by atoms with E-state index in [2.05, 4.69) is 67.8 Å². The zero-order valence-corrected chi connectivity index (χ0v) is 33.0. The molecule has 7 heterocycles. The summed E-state index contributed by atoms with van der Waals surface area (Å²) >= 11 is 2.33. The van der Waals surface area contributed by atoms with Crippen molar-refractivity contribution in [3.8, 4) is 11.3 Å². The molecular formula is C41H46FIN8O3. The second-order valence-electron chi connectivity index (χ2n) is 17.1. The molecule has 13 heteroatoms. The molecule has 2 saturated carbocycles. The maximum atomic E-state index is 15.0. The lowest BCUT2D eigenvalue weighted by atomic mass is 9.72. The van der Waals surface area contributed by atoms with Gasteiger partial charge < -0.3 is 24.4 Å². The van der Waals surface area contributed by atoms with Crippen LogP contribution in [0, 0.1) is 16.6 Å². The molecule has 282 valence electrons. The van der Waals surface area contributed by atoms with Crippen molar-refractivity contribution in [1.82, 2.24) is 29.3 Å². The summed E-state index contributed by atoms with van der Waals surface area (Å²) in [6.07, 6.45) is 13.1. The van der Waals surface area contributed by atoms with E-state index in [1.165, 1.54) is 38.4 Å². The smallest absolute Gasteiger partial charge is 0.238 e. The number of ether oxygens (including phenoxy) is 1. The molecule has 1 aromatic carbocycles. The Morgan fingerprint density at radius 2 is 1.85 bits per heavy atom. The van der Waals surface area contributed by atoms with Gasteiger partial charge in [-0.2, -0.15) is 0 Å². The van der Waals surface area contributed by atoms with Crippen molar-refractivity contribution >= 4 is 62.6 Å². The predicted octanol–water partition coefficient (Wildman–Crippen LogP) is 6.98. The third-order valence-electron chi connectivity index (χ3n) is 13.5. The van der Waals surface area contributed by atoms with Crippen LogP contribution in [0.15, 0.2) is 49.1 Å². The topological polar surface area (TPSA) is 109 Å². The number of hydrogen-bond donors (Lipinski definition) is 1. The van der Waals surface area contributed by atoms with Crippen molar-refractivity contribution in [2.75, 3.05) is 49.6 Å². The van der Waals surface area contributed by atoms with Crippen LogP contribution in [-0.2, 0) is 19.7 Å². The molecule has 11 nitrogen and oxygen atoms in total. The molecule has 2 amide bonds. The van der Waals surface area contributed by atoms with Gasteiger partial charge in [0.15, 0.2) is 11.6 Å². The van der Waals surface area contributed by atoms with E-state index >= 15 is 0 Å². The average Bonchev–Trinajstić information content (AvgIpc) is 3.65. The highest BCUT2D eigenvalue weighted by molar-refractivity contribution is 14.1. The fourth-order valence-electron chi connectivity index (χ4n) is 9.98. The zero-order chi connectivity index (χ0) is 37.0. The van der Waals surface area contributed by atoms with Crippen LogP contribution in [0.2, 0.25) is 0 Å². The van der Waals surface area contributed by atoms with Crippen LogP contribution in [-0.4, -0.2) is 92.6 Å². The maximum Gasteiger partial charge on any atom is 0.238 e. The number of alkyl halides is 1. The van der Waals surface area contributed by atoms with E-state index in [4.69, 9.17) is 14.7 Å². The predicted molar refractivity (Wildman–Crippen MR) is 212 cm³/mol. The lowest BCUT2D eigenvalue weighted by Gasteiger charge is -2.49. The zero-order valence-electron chi connectivity index (χ0n) is 30.9. The molecule has 10 rings (SSSR count). The highest BCUT2D eigenvalue weighted by Gasteiger charge is 2.57. The van der Waals surface area contributed by atoms with Gasteiger partial charge in [-0.05, 0) is 101 Å². The number of benzene rings is 1. The van der Waals surface area contributed by atoms with Gasteiger partial charge in [-0.25, -0.2) is 14.4 Å². The Balaban J connectivity index is 1.01. The van der Waals surface area contributed by atoms with Crippen LogP contribution in [0.3, 0.4) is 0 Å². The molecule has 3 aromatic heterocycles. The second-order valence-corrected chi connectivity index (χ2v) is 18.9. The molecule has 2 spiro atoms. The number of anilines is 3. The monoisotopic (exact) mass is 844 g/mol. The number of imidazole rings is 1. The number of hydrogen-bond acceptors (Lipinski definition) is 8. The Hall–Kier alpha value is -3.69. The molecule has 1 unspecified atom stereocenters. The Morgan fingerprint density at radius 3 is 2.56 bits per heavy atom. The number of aromatic nitrogens is 4. The number of carbonyl (C=O) groups is 2. The number of carbonyl (C=O) groups excluding carboxylic acids is 2. The number of piperidine rings is 2. The molecule has 0 bridgehead atoms. The van der Waals surface area contributed by atoms with Gasteiger partial charge in [0.25, 0.3) is 0 Å². The van der Waals surface area contributed by atoms with E-state index in [0.29, 0.717) is 62.1 Å². The summed E-state index contributed by atoms with van der Waals surface area (Å²) < 4.78 is 22.4. The number of pyridine rings is 2. The summed E-state index contributed by atoms with van der Waals surface area (Å²) in [5.74, 6) is 0.337. The van der Waals surface area contributed by atoms with E-state index in [9.17, 15) is 14.0 Å². The first-order valence-corrected chi connectivity index (χ1v) is 20.8. The summed E-state index contributed by atoms with van der Waals surface area (Å²) in [7, 11) is 0. The highest BCUT2D eigenvalue weighted by atomic mass is 127. The summed E-state index contributed by atoms with van der Waals surface area (Å²) in [4.78, 5) is 49.1. The van der Waals surface area contributed by atoms with E-state index < -0.39 is 16.6 Å². The minimum atomic E-state index is -0.673. The number of halogens is 2. The van der Waals surface area contributed by atoms with Gasteiger partial charge >= 0.3 is 0 Å². The first-order chi connectivity index (χ1) is 26.1. The van der Waals surface area contributed by atoms with Crippen molar-refractivity contribution in [3.63, 3.8) is 0 Å². The van der Waals surface area contributed by atoms with Crippen LogP contribution >= 0.6 is 22.6 Å².